The Kier molecular flexibility index (Phi) is 5.90. The number of fused-ring (bicyclic) bond motifs is 2. The Bertz CT molecular complexity index is 1460. The van der Waals surface area contributed by atoms with Gasteiger partial charge in [-0.1, -0.05) is 64.5 Å². The van der Waals surface area contributed by atoms with Crippen LogP contribution in [0.15, 0.2) is 93.8 Å². The molecule has 0 fully saturated rings. The van der Waals surface area contributed by atoms with Crippen molar-refractivity contribution >= 4 is 61.0 Å². The first-order valence-electron chi connectivity index (χ1n) is 10.3. The molecule has 5 rings (SSSR count). The molecule has 4 aromatic carbocycles. The molecule has 2 N–H and O–H groups in total. The minimum Gasteiger partial charge on any atom is -0.436 e. The normalized spacial score (nSPS) is 10.9. The summed E-state index contributed by atoms with van der Waals surface area (Å²) < 4.78 is 6.76. The van der Waals surface area contributed by atoms with Crippen LogP contribution in [-0.4, -0.2) is 16.0 Å². The third-order valence-corrected chi connectivity index (χ3v) is 6.23. The van der Waals surface area contributed by atoms with Gasteiger partial charge < -0.3 is 9.73 Å². The number of nitrogens with zero attached hydrogens (tertiary/aromatic N) is 1. The van der Waals surface area contributed by atoms with Crippen LogP contribution in [0.25, 0.3) is 33.3 Å². The summed E-state index contributed by atoms with van der Waals surface area (Å²) in [5, 5.41) is 7.97. The highest BCUT2D eigenvalue weighted by Crippen LogP contribution is 2.26. The number of nitrogens with one attached hydrogen (secondary N) is 2. The highest BCUT2D eigenvalue weighted by molar-refractivity contribution is 9.10. The van der Waals surface area contributed by atoms with Crippen molar-refractivity contribution in [3.63, 3.8) is 0 Å². The number of para-hydroxylation sites is 2. The molecular formula is C26H18BrN3O2S. The van der Waals surface area contributed by atoms with Gasteiger partial charge in [0.05, 0.1) is 0 Å². The average molecular weight is 516 g/mol. The SMILES string of the molecule is O=C(NC(=S)NCc1ccc(-c2nc3ccccc3o2)cc1)c1cccc2c(Br)cccc12. The molecule has 0 radical (unpaired) electrons. The van der Waals surface area contributed by atoms with Crippen LogP contribution in [0.4, 0.5) is 0 Å². The molecule has 0 spiro atoms. The number of thiocarbonyl (C=S) groups is 1. The zero-order valence-electron chi connectivity index (χ0n) is 17.3. The Hall–Kier alpha value is -3.55. The zero-order valence-corrected chi connectivity index (χ0v) is 19.7. The second-order valence-corrected chi connectivity index (χ2v) is 8.72. The summed E-state index contributed by atoms with van der Waals surface area (Å²) in [5.74, 6) is 0.336. The lowest BCUT2D eigenvalue weighted by Crippen LogP contribution is -2.38. The topological polar surface area (TPSA) is 67.2 Å². The summed E-state index contributed by atoms with van der Waals surface area (Å²) in [4.78, 5) is 17.3. The Morgan fingerprint density at radius 3 is 2.48 bits per heavy atom. The predicted molar refractivity (Wildman–Crippen MR) is 138 cm³/mol. The van der Waals surface area contributed by atoms with Gasteiger partial charge >= 0.3 is 0 Å². The number of benzene rings is 4. The minimum absolute atomic E-state index is 0.248. The first-order chi connectivity index (χ1) is 16.1. The quantitative estimate of drug-likeness (QED) is 0.278. The van der Waals surface area contributed by atoms with Crippen LogP contribution >= 0.6 is 28.1 Å². The summed E-state index contributed by atoms with van der Waals surface area (Å²) in [6.45, 7) is 0.480. The van der Waals surface area contributed by atoms with Gasteiger partial charge in [0.2, 0.25) is 5.89 Å². The number of hydrogen-bond acceptors (Lipinski definition) is 4. The number of rotatable bonds is 4. The molecule has 0 bridgehead atoms. The van der Waals surface area contributed by atoms with Crippen molar-refractivity contribution in [3.05, 3.63) is 101 Å². The summed E-state index contributed by atoms with van der Waals surface area (Å²) >= 11 is 8.87. The lowest BCUT2D eigenvalue weighted by molar-refractivity contribution is 0.0978. The molecule has 0 unspecified atom stereocenters. The number of halogens is 1. The standard InChI is InChI=1S/C26H18BrN3O2S/c27-21-8-4-5-18-19(21)6-3-7-20(18)24(31)30-26(33)28-15-16-11-13-17(14-12-16)25-29-22-9-1-2-10-23(22)32-25/h1-14H,15H2,(H2,28,30,31,33). The van der Waals surface area contributed by atoms with Gasteiger partial charge in [-0.2, -0.15) is 0 Å². The Labute approximate surface area is 204 Å². The second-order valence-electron chi connectivity index (χ2n) is 7.46. The molecule has 33 heavy (non-hydrogen) atoms. The van der Waals surface area contributed by atoms with E-state index in [4.69, 9.17) is 16.6 Å². The van der Waals surface area contributed by atoms with Crippen LogP contribution in [0.5, 0.6) is 0 Å². The summed E-state index contributed by atoms with van der Waals surface area (Å²) in [6, 6.07) is 26.9. The molecule has 0 aliphatic rings. The second kappa shape index (κ2) is 9.13. The molecule has 1 amide bonds. The number of carbonyl (C=O) groups is 1. The molecule has 162 valence electrons. The maximum absolute atomic E-state index is 12.8. The van der Waals surface area contributed by atoms with E-state index in [-0.39, 0.29) is 11.0 Å². The minimum atomic E-state index is -0.248. The van der Waals surface area contributed by atoms with E-state index in [1.165, 1.54) is 0 Å². The maximum Gasteiger partial charge on any atom is 0.258 e. The Balaban J connectivity index is 1.22. The van der Waals surface area contributed by atoms with Crippen LogP contribution in [-0.2, 0) is 6.54 Å². The number of aromatic nitrogens is 1. The lowest BCUT2D eigenvalue weighted by atomic mass is 10.0. The van der Waals surface area contributed by atoms with Gasteiger partial charge in [-0.05, 0) is 65.0 Å². The van der Waals surface area contributed by atoms with E-state index < -0.39 is 0 Å². The van der Waals surface area contributed by atoms with Gasteiger partial charge in [0.25, 0.3) is 5.91 Å². The van der Waals surface area contributed by atoms with Crippen molar-refractivity contribution < 1.29 is 9.21 Å². The largest absolute Gasteiger partial charge is 0.436 e. The van der Waals surface area contributed by atoms with Crippen molar-refractivity contribution in [3.8, 4) is 11.5 Å². The highest BCUT2D eigenvalue weighted by Gasteiger charge is 2.13. The average Bonchev–Trinajstić information content (AvgIpc) is 3.27. The van der Waals surface area contributed by atoms with Gasteiger partial charge in [-0.15, -0.1) is 0 Å². The number of amides is 1. The van der Waals surface area contributed by atoms with E-state index in [0.29, 0.717) is 18.0 Å². The molecule has 0 saturated carbocycles. The van der Waals surface area contributed by atoms with Crippen LogP contribution in [0.2, 0.25) is 0 Å². The predicted octanol–water partition coefficient (Wildman–Crippen LogP) is 6.22. The lowest BCUT2D eigenvalue weighted by Gasteiger charge is -2.11. The van der Waals surface area contributed by atoms with Gasteiger partial charge in [-0.3, -0.25) is 10.1 Å². The van der Waals surface area contributed by atoms with Crippen LogP contribution in [0.3, 0.4) is 0 Å². The van der Waals surface area contributed by atoms with Crippen molar-refractivity contribution in [1.82, 2.24) is 15.6 Å². The summed E-state index contributed by atoms with van der Waals surface area (Å²) in [5.41, 5.74) is 4.07. The van der Waals surface area contributed by atoms with E-state index in [0.717, 1.165) is 37.5 Å². The fourth-order valence-corrected chi connectivity index (χ4v) is 4.29. The first kappa shape index (κ1) is 21.3. The first-order valence-corrected chi connectivity index (χ1v) is 11.5. The molecule has 1 aromatic heterocycles. The van der Waals surface area contributed by atoms with Gasteiger partial charge in [0.15, 0.2) is 10.7 Å². The van der Waals surface area contributed by atoms with Crippen molar-refractivity contribution in [1.29, 1.82) is 0 Å². The molecule has 0 atom stereocenters. The maximum atomic E-state index is 12.8. The monoisotopic (exact) mass is 515 g/mol. The molecule has 1 heterocycles. The van der Waals surface area contributed by atoms with E-state index in [2.05, 4.69) is 31.5 Å². The molecule has 7 heteroatoms. The summed E-state index contributed by atoms with van der Waals surface area (Å²) in [6.07, 6.45) is 0. The van der Waals surface area contributed by atoms with E-state index in [1.54, 1.807) is 6.07 Å². The van der Waals surface area contributed by atoms with Crippen molar-refractivity contribution in [2.24, 2.45) is 0 Å². The van der Waals surface area contributed by atoms with Crippen LogP contribution in [0.1, 0.15) is 15.9 Å². The van der Waals surface area contributed by atoms with Gasteiger partial charge in [0, 0.05) is 22.1 Å². The smallest absolute Gasteiger partial charge is 0.258 e. The molecule has 0 aliphatic heterocycles. The van der Waals surface area contributed by atoms with E-state index >= 15 is 0 Å². The Morgan fingerprint density at radius 1 is 0.909 bits per heavy atom. The Morgan fingerprint density at radius 2 is 1.67 bits per heavy atom. The molecular weight excluding hydrogens is 498 g/mol. The van der Waals surface area contributed by atoms with Gasteiger partial charge in [0.1, 0.15) is 5.52 Å². The number of carbonyl (C=O) groups excluding carboxylic acids is 1. The number of hydrogen-bond donors (Lipinski definition) is 2. The third-order valence-electron chi connectivity index (χ3n) is 5.29. The number of oxazole rings is 1. The van der Waals surface area contributed by atoms with Crippen LogP contribution < -0.4 is 10.6 Å². The highest BCUT2D eigenvalue weighted by atomic mass is 79.9. The van der Waals surface area contributed by atoms with E-state index in [1.807, 2.05) is 78.9 Å². The summed E-state index contributed by atoms with van der Waals surface area (Å²) in [7, 11) is 0. The van der Waals surface area contributed by atoms with Gasteiger partial charge in [-0.25, -0.2) is 4.98 Å². The third kappa shape index (κ3) is 4.51. The fourth-order valence-electron chi connectivity index (χ4n) is 3.63. The van der Waals surface area contributed by atoms with Crippen molar-refractivity contribution in [2.45, 2.75) is 6.54 Å². The van der Waals surface area contributed by atoms with Crippen molar-refractivity contribution in [2.75, 3.05) is 0 Å². The zero-order chi connectivity index (χ0) is 22.8. The molecule has 0 aliphatic carbocycles. The van der Waals surface area contributed by atoms with Crippen LogP contribution in [0, 0.1) is 0 Å². The molecule has 5 aromatic rings. The fraction of sp³-hybridized carbons (Fsp3) is 0.0385. The molecule has 5 nitrogen and oxygen atoms in total. The van der Waals surface area contributed by atoms with E-state index in [9.17, 15) is 4.79 Å². The molecule has 0 saturated heterocycles.